The van der Waals surface area contributed by atoms with E-state index < -0.39 is 12.4 Å². The lowest BCUT2D eigenvalue weighted by Crippen LogP contribution is -2.33. The maximum atomic E-state index is 9.41. The number of aliphatic hydroxyl groups is 2. The van der Waals surface area contributed by atoms with Crippen molar-refractivity contribution in [2.45, 2.75) is 77.6 Å². The fraction of sp³-hybridized carbons (Fsp3) is 1.00. The first-order valence-corrected chi connectivity index (χ1v) is 8.72. The molecule has 0 aromatic carbocycles. The molecule has 0 bridgehead atoms. The average Bonchev–Trinajstić information content (AvgIpc) is 2.51. The van der Waals surface area contributed by atoms with E-state index in [0.29, 0.717) is 25.9 Å². The molecule has 2 N–H and O–H groups in total. The van der Waals surface area contributed by atoms with Crippen LogP contribution in [0.5, 0.6) is 0 Å². The Bertz CT molecular complexity index is 233. The number of rotatable bonds is 16. The van der Waals surface area contributed by atoms with Crippen LogP contribution in [-0.2, 0) is 14.2 Å². The van der Waals surface area contributed by atoms with Crippen molar-refractivity contribution in [1.82, 2.24) is 0 Å². The van der Waals surface area contributed by atoms with E-state index in [1.54, 1.807) is 0 Å². The van der Waals surface area contributed by atoms with Crippen LogP contribution >= 0.6 is 0 Å². The van der Waals surface area contributed by atoms with E-state index in [-0.39, 0.29) is 6.61 Å². The van der Waals surface area contributed by atoms with Gasteiger partial charge in [-0.15, -0.1) is 0 Å². The Morgan fingerprint density at radius 3 is 2.27 bits per heavy atom. The summed E-state index contributed by atoms with van der Waals surface area (Å²) in [5.74, 6) is -1.48. The quantitative estimate of drug-likeness (QED) is 0.338. The van der Waals surface area contributed by atoms with Gasteiger partial charge >= 0.3 is 0 Å². The third-order valence-electron chi connectivity index (χ3n) is 3.60. The highest BCUT2D eigenvalue weighted by Gasteiger charge is 2.18. The smallest absolute Gasteiger partial charge is 0.186 e. The molecule has 0 heterocycles. The maximum absolute atomic E-state index is 9.41. The summed E-state index contributed by atoms with van der Waals surface area (Å²) in [5, 5.41) is 18.2. The molecule has 134 valence electrons. The molecular formula is C17H36O5. The molecule has 0 saturated heterocycles. The zero-order valence-electron chi connectivity index (χ0n) is 14.7. The molecule has 0 radical (unpaired) electrons. The van der Waals surface area contributed by atoms with Crippen LogP contribution in [0.2, 0.25) is 0 Å². The molecule has 0 aromatic heterocycles. The van der Waals surface area contributed by atoms with E-state index in [1.807, 2.05) is 0 Å². The van der Waals surface area contributed by atoms with Crippen molar-refractivity contribution in [1.29, 1.82) is 0 Å². The van der Waals surface area contributed by atoms with Gasteiger partial charge in [-0.05, 0) is 19.8 Å². The molecule has 22 heavy (non-hydrogen) atoms. The van der Waals surface area contributed by atoms with Crippen molar-refractivity contribution in [2.75, 3.05) is 33.0 Å². The van der Waals surface area contributed by atoms with Crippen LogP contribution in [0.4, 0.5) is 0 Å². The zero-order chi connectivity index (χ0) is 16.7. The predicted octanol–water partition coefficient (Wildman–Crippen LogP) is 2.88. The summed E-state index contributed by atoms with van der Waals surface area (Å²) in [4.78, 5) is 0. The van der Waals surface area contributed by atoms with Crippen molar-refractivity contribution in [3.63, 3.8) is 0 Å². The summed E-state index contributed by atoms with van der Waals surface area (Å²) in [6.45, 7) is 7.13. The summed E-state index contributed by atoms with van der Waals surface area (Å²) >= 11 is 0. The Labute approximate surface area is 136 Å². The molecule has 0 fully saturated rings. The Morgan fingerprint density at radius 2 is 1.64 bits per heavy atom. The number of hydrogen-bond donors (Lipinski definition) is 2. The van der Waals surface area contributed by atoms with E-state index >= 15 is 0 Å². The van der Waals surface area contributed by atoms with Crippen LogP contribution < -0.4 is 0 Å². The van der Waals surface area contributed by atoms with Crippen LogP contribution in [0, 0.1) is 0 Å². The molecule has 0 aliphatic rings. The highest BCUT2D eigenvalue weighted by Crippen LogP contribution is 2.11. The summed E-state index contributed by atoms with van der Waals surface area (Å²) < 4.78 is 16.2. The monoisotopic (exact) mass is 320 g/mol. The van der Waals surface area contributed by atoms with Crippen molar-refractivity contribution in [3.05, 3.63) is 0 Å². The first-order chi connectivity index (χ1) is 10.6. The molecule has 0 amide bonds. The molecule has 2 atom stereocenters. The Balaban J connectivity index is 3.43. The molecular weight excluding hydrogens is 284 g/mol. The normalized spacial score (nSPS) is 15.7. The summed E-state index contributed by atoms with van der Waals surface area (Å²) in [6.07, 6.45) is 8.97. The number of unbranched alkanes of at least 4 members (excludes halogenated alkanes) is 4. The van der Waals surface area contributed by atoms with Crippen molar-refractivity contribution < 1.29 is 24.4 Å². The lowest BCUT2D eigenvalue weighted by Gasteiger charge is -2.21. The SMILES string of the molecule is CCCCCCCC(CC)OCCOCCOC(C)(O)CO. The Hall–Kier alpha value is -0.200. The molecule has 0 aliphatic heterocycles. The van der Waals surface area contributed by atoms with Crippen molar-refractivity contribution in [3.8, 4) is 0 Å². The van der Waals surface area contributed by atoms with Gasteiger partial charge in [0.15, 0.2) is 5.79 Å². The van der Waals surface area contributed by atoms with E-state index in [0.717, 1.165) is 12.8 Å². The van der Waals surface area contributed by atoms with Gasteiger partial charge in [0.05, 0.1) is 39.1 Å². The molecule has 0 rings (SSSR count). The number of aliphatic hydroxyl groups excluding tert-OH is 1. The van der Waals surface area contributed by atoms with Gasteiger partial charge < -0.3 is 24.4 Å². The van der Waals surface area contributed by atoms with Gasteiger partial charge in [-0.1, -0.05) is 46.0 Å². The minimum atomic E-state index is -1.48. The van der Waals surface area contributed by atoms with Crippen LogP contribution in [-0.4, -0.2) is 55.1 Å². The lowest BCUT2D eigenvalue weighted by atomic mass is 10.1. The Morgan fingerprint density at radius 1 is 0.955 bits per heavy atom. The molecule has 0 spiro atoms. The van der Waals surface area contributed by atoms with Gasteiger partial charge in [-0.2, -0.15) is 0 Å². The minimum absolute atomic E-state index is 0.252. The first kappa shape index (κ1) is 21.8. The van der Waals surface area contributed by atoms with E-state index in [9.17, 15) is 5.11 Å². The van der Waals surface area contributed by atoms with E-state index in [2.05, 4.69) is 13.8 Å². The Kier molecular flexibility index (Phi) is 14.3. The summed E-state index contributed by atoms with van der Waals surface area (Å²) in [6, 6.07) is 0. The topological polar surface area (TPSA) is 68.2 Å². The van der Waals surface area contributed by atoms with Crippen molar-refractivity contribution >= 4 is 0 Å². The summed E-state index contributed by atoms with van der Waals surface area (Å²) in [5.41, 5.74) is 0. The van der Waals surface area contributed by atoms with Gasteiger partial charge in [-0.3, -0.25) is 0 Å². The highest BCUT2D eigenvalue weighted by molar-refractivity contribution is 4.57. The molecule has 5 nitrogen and oxygen atoms in total. The average molecular weight is 320 g/mol. The molecule has 0 aromatic rings. The third kappa shape index (κ3) is 13.5. The molecule has 0 saturated carbocycles. The first-order valence-electron chi connectivity index (χ1n) is 8.72. The second-order valence-electron chi connectivity index (χ2n) is 5.90. The van der Waals surface area contributed by atoms with Gasteiger partial charge in [-0.25, -0.2) is 0 Å². The number of ether oxygens (including phenoxy) is 3. The van der Waals surface area contributed by atoms with Gasteiger partial charge in [0.25, 0.3) is 0 Å². The second kappa shape index (κ2) is 14.4. The fourth-order valence-corrected chi connectivity index (χ4v) is 2.12. The lowest BCUT2D eigenvalue weighted by molar-refractivity contribution is -0.216. The van der Waals surface area contributed by atoms with Gasteiger partial charge in [0.1, 0.15) is 0 Å². The fourth-order valence-electron chi connectivity index (χ4n) is 2.12. The van der Waals surface area contributed by atoms with Crippen LogP contribution in [0.1, 0.15) is 65.7 Å². The van der Waals surface area contributed by atoms with Crippen LogP contribution in [0.15, 0.2) is 0 Å². The number of hydrogen-bond acceptors (Lipinski definition) is 5. The minimum Gasteiger partial charge on any atom is -0.391 e. The van der Waals surface area contributed by atoms with Crippen LogP contribution in [0.25, 0.3) is 0 Å². The second-order valence-corrected chi connectivity index (χ2v) is 5.90. The van der Waals surface area contributed by atoms with Gasteiger partial charge in [0.2, 0.25) is 0 Å². The maximum Gasteiger partial charge on any atom is 0.186 e. The molecule has 2 unspecified atom stereocenters. The standard InChI is InChI=1S/C17H36O5/c1-4-6-7-8-9-10-16(5-2)21-13-11-20-12-14-22-17(3,19)15-18/h16,18-19H,4-15H2,1-3H3. The predicted molar refractivity (Wildman–Crippen MR) is 87.9 cm³/mol. The highest BCUT2D eigenvalue weighted by atomic mass is 16.6. The van der Waals surface area contributed by atoms with E-state index in [4.69, 9.17) is 19.3 Å². The van der Waals surface area contributed by atoms with E-state index in [1.165, 1.54) is 39.0 Å². The molecule has 0 aliphatic carbocycles. The molecule has 5 heteroatoms. The largest absolute Gasteiger partial charge is 0.391 e. The van der Waals surface area contributed by atoms with Gasteiger partial charge in [0, 0.05) is 0 Å². The third-order valence-corrected chi connectivity index (χ3v) is 3.60. The van der Waals surface area contributed by atoms with Crippen molar-refractivity contribution in [2.24, 2.45) is 0 Å². The zero-order valence-corrected chi connectivity index (χ0v) is 14.7. The van der Waals surface area contributed by atoms with Crippen LogP contribution in [0.3, 0.4) is 0 Å². The summed E-state index contributed by atoms with van der Waals surface area (Å²) in [7, 11) is 0.